The molecule has 1 atom stereocenters. The number of hydrogen-bond donors (Lipinski definition) is 0. The predicted octanol–water partition coefficient (Wildman–Crippen LogP) is 6.24. The van der Waals surface area contributed by atoms with Gasteiger partial charge in [0.25, 0.3) is 0 Å². The first-order valence-corrected chi connectivity index (χ1v) is 17.0. The summed E-state index contributed by atoms with van der Waals surface area (Å²) in [7, 11) is -3.09. The van der Waals surface area contributed by atoms with E-state index in [1.807, 2.05) is 24.3 Å². The molecule has 5 heteroatoms. The van der Waals surface area contributed by atoms with Crippen LogP contribution in [0, 0.1) is 17.8 Å². The number of nitrogens with zero attached hydrogens (tertiary/aromatic N) is 2. The third kappa shape index (κ3) is 4.42. The first kappa shape index (κ1) is 25.1. The van der Waals surface area contributed by atoms with E-state index in [9.17, 15) is 8.42 Å². The zero-order valence-electron chi connectivity index (χ0n) is 22.9. The highest BCUT2D eigenvalue weighted by atomic mass is 32.2. The maximum absolute atomic E-state index is 12.5. The number of fused-ring (bicyclic) bond motifs is 1. The Kier molecular flexibility index (Phi) is 6.59. The molecule has 38 heavy (non-hydrogen) atoms. The van der Waals surface area contributed by atoms with Gasteiger partial charge in [-0.25, -0.2) is 8.42 Å². The van der Waals surface area contributed by atoms with E-state index in [-0.39, 0.29) is 5.25 Å². The molecule has 0 radical (unpaired) electrons. The van der Waals surface area contributed by atoms with Crippen molar-refractivity contribution in [1.82, 2.24) is 4.90 Å². The van der Waals surface area contributed by atoms with E-state index in [2.05, 4.69) is 34.1 Å². The molecule has 0 N–H and O–H groups in total. The van der Waals surface area contributed by atoms with Crippen LogP contribution in [-0.2, 0) is 21.7 Å². The lowest BCUT2D eigenvalue weighted by atomic mass is 9.54. The summed E-state index contributed by atoms with van der Waals surface area (Å²) in [6.07, 6.45) is 14.2. The van der Waals surface area contributed by atoms with Crippen molar-refractivity contribution in [2.75, 3.05) is 37.6 Å². The summed E-state index contributed by atoms with van der Waals surface area (Å²) in [4.78, 5) is 5.67. The van der Waals surface area contributed by atoms with Crippen LogP contribution in [0.5, 0.6) is 0 Å². The minimum atomic E-state index is -3.09. The minimum Gasteiger partial charge on any atom is -0.371 e. The van der Waals surface area contributed by atoms with Crippen LogP contribution in [0.25, 0.3) is 0 Å². The standard InChI is InChI=1S/C33H44N2O2S/c36-38(37,31-15-16-31)30-13-11-29(12-14-30)35-23-25(24-35)22-34-20-17-28(18-21-34)33(27-8-2-3-9-27)19-5-7-26-6-1-4-10-32(26)33/h1,4,6,10-14,25,27-28,31H,2-3,5,7-9,15-24H2. The van der Waals surface area contributed by atoms with Crippen LogP contribution in [0.4, 0.5) is 5.69 Å². The van der Waals surface area contributed by atoms with Crippen molar-refractivity contribution in [2.45, 2.75) is 86.2 Å². The van der Waals surface area contributed by atoms with Crippen LogP contribution < -0.4 is 4.90 Å². The number of aryl methyl sites for hydroxylation is 1. The average molecular weight is 533 g/mol. The lowest BCUT2D eigenvalue weighted by molar-refractivity contribution is 0.0648. The van der Waals surface area contributed by atoms with Crippen molar-refractivity contribution in [3.05, 3.63) is 59.7 Å². The van der Waals surface area contributed by atoms with Crippen molar-refractivity contribution in [3.8, 4) is 0 Å². The summed E-state index contributed by atoms with van der Waals surface area (Å²) in [5.41, 5.74) is 5.00. The van der Waals surface area contributed by atoms with Gasteiger partial charge in [-0.2, -0.15) is 0 Å². The monoisotopic (exact) mass is 532 g/mol. The quantitative estimate of drug-likeness (QED) is 0.424. The fourth-order valence-corrected chi connectivity index (χ4v) is 10.5. The van der Waals surface area contributed by atoms with E-state index in [0.29, 0.717) is 10.3 Å². The normalized spacial score (nSPS) is 27.8. The number of rotatable bonds is 7. The van der Waals surface area contributed by atoms with Gasteiger partial charge in [0, 0.05) is 36.7 Å². The number of sulfone groups is 1. The Hall–Kier alpha value is -1.85. The molecule has 3 aliphatic carbocycles. The van der Waals surface area contributed by atoms with E-state index in [1.165, 1.54) is 83.1 Å². The largest absolute Gasteiger partial charge is 0.371 e. The Morgan fingerprint density at radius 3 is 2.18 bits per heavy atom. The van der Waals surface area contributed by atoms with Gasteiger partial charge < -0.3 is 9.80 Å². The van der Waals surface area contributed by atoms with Gasteiger partial charge in [0.1, 0.15) is 0 Å². The molecular formula is C33H44N2O2S. The van der Waals surface area contributed by atoms with Gasteiger partial charge in [-0.3, -0.25) is 0 Å². The highest BCUT2D eigenvalue weighted by Crippen LogP contribution is 2.55. The number of likely N-dealkylation sites (tertiary alicyclic amines) is 1. The van der Waals surface area contributed by atoms with Gasteiger partial charge in [-0.05, 0) is 118 Å². The molecule has 1 unspecified atom stereocenters. The third-order valence-corrected chi connectivity index (χ3v) is 13.2. The van der Waals surface area contributed by atoms with Crippen LogP contribution in [0.3, 0.4) is 0 Å². The summed E-state index contributed by atoms with van der Waals surface area (Å²) in [5.74, 6) is 2.46. The molecule has 5 aliphatic rings. The van der Waals surface area contributed by atoms with Gasteiger partial charge in [-0.1, -0.05) is 37.1 Å². The third-order valence-electron chi connectivity index (χ3n) is 10.9. The Bertz CT molecular complexity index is 1230. The molecular weight excluding hydrogens is 488 g/mol. The number of anilines is 1. The fourth-order valence-electron chi connectivity index (χ4n) is 8.83. The first-order valence-electron chi connectivity index (χ1n) is 15.4. The summed E-state index contributed by atoms with van der Waals surface area (Å²) in [5, 5.41) is -0.133. The molecule has 2 aromatic rings. The number of hydrogen-bond acceptors (Lipinski definition) is 4. The molecule has 2 aliphatic heterocycles. The highest BCUT2D eigenvalue weighted by molar-refractivity contribution is 7.92. The second-order valence-corrected chi connectivity index (χ2v) is 15.3. The minimum absolute atomic E-state index is 0.133. The molecule has 0 spiro atoms. The van der Waals surface area contributed by atoms with Gasteiger partial charge in [0.05, 0.1) is 10.1 Å². The Labute approximate surface area is 229 Å². The molecule has 4 nitrogen and oxygen atoms in total. The van der Waals surface area contributed by atoms with Crippen LogP contribution in [0.15, 0.2) is 53.4 Å². The molecule has 204 valence electrons. The van der Waals surface area contributed by atoms with E-state index < -0.39 is 9.84 Å². The zero-order valence-corrected chi connectivity index (χ0v) is 23.7. The number of piperidine rings is 1. The highest BCUT2D eigenvalue weighted by Gasteiger charge is 2.49. The van der Waals surface area contributed by atoms with Crippen molar-refractivity contribution in [1.29, 1.82) is 0 Å². The second-order valence-electron chi connectivity index (χ2n) is 13.1. The predicted molar refractivity (Wildman–Crippen MR) is 155 cm³/mol. The first-order chi connectivity index (χ1) is 18.5. The van der Waals surface area contributed by atoms with Crippen molar-refractivity contribution in [2.24, 2.45) is 17.8 Å². The van der Waals surface area contributed by atoms with Gasteiger partial charge in [0.2, 0.25) is 0 Å². The molecule has 2 saturated heterocycles. The second kappa shape index (κ2) is 9.96. The summed E-state index contributed by atoms with van der Waals surface area (Å²) >= 11 is 0. The molecule has 0 aromatic heterocycles. The Balaban J connectivity index is 0.959. The molecule has 7 rings (SSSR count). The maximum atomic E-state index is 12.5. The van der Waals surface area contributed by atoms with Crippen molar-refractivity contribution < 1.29 is 8.42 Å². The van der Waals surface area contributed by atoms with E-state index in [1.54, 1.807) is 11.1 Å². The van der Waals surface area contributed by atoms with Crippen LogP contribution >= 0.6 is 0 Å². The van der Waals surface area contributed by atoms with Crippen molar-refractivity contribution in [3.63, 3.8) is 0 Å². The van der Waals surface area contributed by atoms with E-state index >= 15 is 0 Å². The van der Waals surface area contributed by atoms with Crippen LogP contribution in [-0.4, -0.2) is 51.3 Å². The topological polar surface area (TPSA) is 40.6 Å². The summed E-state index contributed by atoms with van der Waals surface area (Å²) in [6, 6.07) is 17.2. The molecule has 4 fully saturated rings. The van der Waals surface area contributed by atoms with Gasteiger partial charge in [0.15, 0.2) is 9.84 Å². The SMILES string of the molecule is O=S(=O)(c1ccc(N2CC(CN3CCC(C4(C5CCCC5)CCCc5ccccc54)CC3)C2)cc1)C1CC1. The van der Waals surface area contributed by atoms with Crippen LogP contribution in [0.2, 0.25) is 0 Å². The fraction of sp³-hybridized carbons (Fsp3) is 0.636. The Morgan fingerprint density at radius 2 is 1.47 bits per heavy atom. The lowest BCUT2D eigenvalue weighted by Gasteiger charge is -2.52. The summed E-state index contributed by atoms with van der Waals surface area (Å²) in [6.45, 7) is 5.91. The van der Waals surface area contributed by atoms with E-state index in [0.717, 1.165) is 43.7 Å². The van der Waals surface area contributed by atoms with Crippen molar-refractivity contribution >= 4 is 15.5 Å². The van der Waals surface area contributed by atoms with Gasteiger partial charge >= 0.3 is 0 Å². The molecule has 0 bridgehead atoms. The Morgan fingerprint density at radius 1 is 0.789 bits per heavy atom. The van der Waals surface area contributed by atoms with Gasteiger partial charge in [-0.15, -0.1) is 0 Å². The van der Waals surface area contributed by atoms with E-state index in [4.69, 9.17) is 0 Å². The molecule has 2 aromatic carbocycles. The lowest BCUT2D eigenvalue weighted by Crippen LogP contribution is -2.54. The number of benzene rings is 2. The molecule has 0 amide bonds. The smallest absolute Gasteiger partial charge is 0.181 e. The zero-order chi connectivity index (χ0) is 25.7. The summed E-state index contributed by atoms with van der Waals surface area (Å²) < 4.78 is 25.0. The average Bonchev–Trinajstić information content (AvgIpc) is 3.66. The maximum Gasteiger partial charge on any atom is 0.181 e. The molecule has 2 heterocycles. The van der Waals surface area contributed by atoms with Crippen LogP contribution in [0.1, 0.15) is 75.3 Å². The molecule has 2 saturated carbocycles.